The molecule has 27 heavy (non-hydrogen) atoms. The Morgan fingerprint density at radius 1 is 0.889 bits per heavy atom. The Morgan fingerprint density at radius 3 is 2.56 bits per heavy atom. The molecule has 4 nitrogen and oxygen atoms in total. The molecule has 4 rings (SSSR count). The molecule has 0 atom stereocenters. The molecule has 0 fully saturated rings. The summed E-state index contributed by atoms with van der Waals surface area (Å²) in [5, 5.41) is 3.34. The molecule has 3 aromatic heterocycles. The quantitative estimate of drug-likeness (QED) is 0.527. The van der Waals surface area contributed by atoms with Crippen LogP contribution in [0.1, 0.15) is 27.9 Å². The Labute approximate surface area is 158 Å². The van der Waals surface area contributed by atoms with Crippen LogP contribution in [0.2, 0.25) is 0 Å². The highest BCUT2D eigenvalue weighted by Gasteiger charge is 2.07. The molecule has 0 radical (unpaired) electrons. The third kappa shape index (κ3) is 3.54. The summed E-state index contributed by atoms with van der Waals surface area (Å²) in [7, 11) is 0. The van der Waals surface area contributed by atoms with Gasteiger partial charge in [-0.25, -0.2) is 9.97 Å². The van der Waals surface area contributed by atoms with Gasteiger partial charge in [-0.05, 0) is 67.6 Å². The molecule has 0 aliphatic carbocycles. The predicted molar refractivity (Wildman–Crippen MR) is 109 cm³/mol. The molecular formula is C23H20N4. The summed E-state index contributed by atoms with van der Waals surface area (Å²) in [5.74, 6) is 7.33. The van der Waals surface area contributed by atoms with E-state index in [0.29, 0.717) is 0 Å². The maximum absolute atomic E-state index is 4.55. The van der Waals surface area contributed by atoms with Crippen LogP contribution in [0.3, 0.4) is 0 Å². The van der Waals surface area contributed by atoms with Crippen LogP contribution in [0.5, 0.6) is 0 Å². The summed E-state index contributed by atoms with van der Waals surface area (Å²) in [4.78, 5) is 8.96. The number of hydrogen-bond donors (Lipinski definition) is 1. The predicted octanol–water partition coefficient (Wildman–Crippen LogP) is 4.80. The van der Waals surface area contributed by atoms with Gasteiger partial charge in [0, 0.05) is 18.0 Å². The number of nitrogens with zero attached hydrogens (tertiary/aromatic N) is 3. The number of aryl methyl sites for hydroxylation is 3. The molecule has 0 unspecified atom stereocenters. The van der Waals surface area contributed by atoms with E-state index in [-0.39, 0.29) is 0 Å². The number of pyridine rings is 2. The van der Waals surface area contributed by atoms with Gasteiger partial charge in [0.05, 0.1) is 11.9 Å². The molecule has 4 heteroatoms. The van der Waals surface area contributed by atoms with Crippen molar-refractivity contribution in [2.45, 2.75) is 20.8 Å². The first-order valence-corrected chi connectivity index (χ1v) is 8.85. The zero-order valence-corrected chi connectivity index (χ0v) is 15.6. The summed E-state index contributed by atoms with van der Waals surface area (Å²) in [6.07, 6.45) is 5.62. The Kier molecular flexibility index (Phi) is 4.35. The molecule has 0 spiro atoms. The number of fused-ring (bicyclic) bond motifs is 1. The topological polar surface area (TPSA) is 42.2 Å². The normalized spacial score (nSPS) is 10.5. The highest BCUT2D eigenvalue weighted by molar-refractivity contribution is 5.73. The van der Waals surface area contributed by atoms with Gasteiger partial charge in [-0.1, -0.05) is 24.1 Å². The van der Waals surface area contributed by atoms with Crippen molar-refractivity contribution in [2.24, 2.45) is 0 Å². The molecule has 3 heterocycles. The van der Waals surface area contributed by atoms with Gasteiger partial charge < -0.3 is 5.32 Å². The van der Waals surface area contributed by atoms with E-state index in [1.807, 2.05) is 48.0 Å². The van der Waals surface area contributed by atoms with Gasteiger partial charge in [0.1, 0.15) is 11.5 Å². The number of aromatic nitrogens is 3. The third-order valence-corrected chi connectivity index (χ3v) is 4.43. The molecule has 0 aliphatic rings. The first kappa shape index (κ1) is 16.9. The fourth-order valence-electron chi connectivity index (χ4n) is 2.88. The van der Waals surface area contributed by atoms with Crippen LogP contribution in [0, 0.1) is 32.6 Å². The van der Waals surface area contributed by atoms with E-state index in [0.717, 1.165) is 34.0 Å². The van der Waals surface area contributed by atoms with Crippen molar-refractivity contribution in [3.63, 3.8) is 0 Å². The zero-order chi connectivity index (χ0) is 18.8. The van der Waals surface area contributed by atoms with Gasteiger partial charge in [0.25, 0.3) is 0 Å². The minimum Gasteiger partial charge on any atom is -0.337 e. The Balaban J connectivity index is 1.70. The van der Waals surface area contributed by atoms with Crippen LogP contribution in [0.15, 0.2) is 61.1 Å². The average Bonchev–Trinajstić information content (AvgIpc) is 3.08. The van der Waals surface area contributed by atoms with E-state index in [2.05, 4.69) is 59.2 Å². The second-order valence-electron chi connectivity index (χ2n) is 6.67. The molecule has 1 N–H and O–H groups in total. The Morgan fingerprint density at radius 2 is 1.74 bits per heavy atom. The maximum Gasteiger partial charge on any atom is 0.161 e. The van der Waals surface area contributed by atoms with Crippen molar-refractivity contribution in [1.82, 2.24) is 14.4 Å². The molecule has 0 bridgehead atoms. The lowest BCUT2D eigenvalue weighted by Crippen LogP contribution is -1.97. The average molecular weight is 352 g/mol. The summed E-state index contributed by atoms with van der Waals surface area (Å²) in [6, 6.07) is 14.3. The van der Waals surface area contributed by atoms with E-state index in [9.17, 15) is 0 Å². The maximum atomic E-state index is 4.55. The SMILES string of the molecule is Cc1ccc(Nc2cccn3c(C#Cc4cc(C)ccc4C)cnc23)nc1. The van der Waals surface area contributed by atoms with Crippen molar-refractivity contribution in [2.75, 3.05) is 5.32 Å². The van der Waals surface area contributed by atoms with Crippen LogP contribution < -0.4 is 5.32 Å². The van der Waals surface area contributed by atoms with Gasteiger partial charge in [-0.2, -0.15) is 0 Å². The molecule has 0 saturated carbocycles. The summed E-state index contributed by atoms with van der Waals surface area (Å²) in [5.41, 5.74) is 7.13. The second kappa shape index (κ2) is 6.97. The highest BCUT2D eigenvalue weighted by Crippen LogP contribution is 2.21. The summed E-state index contributed by atoms with van der Waals surface area (Å²) >= 11 is 0. The van der Waals surface area contributed by atoms with Crippen LogP contribution in [0.25, 0.3) is 5.65 Å². The van der Waals surface area contributed by atoms with Crippen molar-refractivity contribution >= 4 is 17.2 Å². The second-order valence-corrected chi connectivity index (χ2v) is 6.67. The fraction of sp³-hybridized carbons (Fsp3) is 0.130. The summed E-state index contributed by atoms with van der Waals surface area (Å²) in [6.45, 7) is 6.18. The number of benzene rings is 1. The minimum atomic E-state index is 0.791. The van der Waals surface area contributed by atoms with Crippen molar-refractivity contribution in [3.05, 3.63) is 89.0 Å². The molecule has 0 aliphatic heterocycles. The first-order valence-electron chi connectivity index (χ1n) is 8.85. The van der Waals surface area contributed by atoms with Crippen molar-refractivity contribution < 1.29 is 0 Å². The molecular weight excluding hydrogens is 332 g/mol. The third-order valence-electron chi connectivity index (χ3n) is 4.43. The lowest BCUT2D eigenvalue weighted by Gasteiger charge is -2.07. The number of rotatable bonds is 2. The number of imidazole rings is 1. The first-order chi connectivity index (χ1) is 13.1. The van der Waals surface area contributed by atoms with Crippen molar-refractivity contribution in [3.8, 4) is 11.8 Å². The molecule has 0 saturated heterocycles. The Hall–Kier alpha value is -3.58. The molecule has 4 aromatic rings. The minimum absolute atomic E-state index is 0.791. The molecule has 0 amide bonds. The number of hydrogen-bond acceptors (Lipinski definition) is 3. The highest BCUT2D eigenvalue weighted by atomic mass is 15.1. The lowest BCUT2D eigenvalue weighted by molar-refractivity contribution is 1.16. The van der Waals surface area contributed by atoms with E-state index in [4.69, 9.17) is 0 Å². The van der Waals surface area contributed by atoms with Gasteiger partial charge in [0.2, 0.25) is 0 Å². The van der Waals surface area contributed by atoms with Crippen LogP contribution in [-0.2, 0) is 0 Å². The van der Waals surface area contributed by atoms with Gasteiger partial charge in [-0.15, -0.1) is 0 Å². The standard InChI is InChI=1S/C23H20N4/c1-16-6-8-18(3)19(13-16)9-10-20-15-25-23-21(5-4-12-27(20)23)26-22-11-7-17(2)14-24-22/h4-8,11-15H,1-3H3,(H,24,26). The zero-order valence-electron chi connectivity index (χ0n) is 15.6. The van der Waals surface area contributed by atoms with Gasteiger partial charge >= 0.3 is 0 Å². The molecule has 1 aromatic carbocycles. The largest absolute Gasteiger partial charge is 0.337 e. The van der Waals surface area contributed by atoms with Crippen LogP contribution >= 0.6 is 0 Å². The van der Waals surface area contributed by atoms with Gasteiger partial charge in [0.15, 0.2) is 5.65 Å². The van der Waals surface area contributed by atoms with Crippen molar-refractivity contribution in [1.29, 1.82) is 0 Å². The number of anilines is 2. The monoisotopic (exact) mass is 352 g/mol. The fourth-order valence-corrected chi connectivity index (χ4v) is 2.88. The van der Waals surface area contributed by atoms with Crippen LogP contribution in [-0.4, -0.2) is 14.4 Å². The smallest absolute Gasteiger partial charge is 0.161 e. The molecule has 132 valence electrons. The van der Waals surface area contributed by atoms with Crippen LogP contribution in [0.4, 0.5) is 11.5 Å². The van der Waals surface area contributed by atoms with Gasteiger partial charge in [-0.3, -0.25) is 4.40 Å². The van der Waals surface area contributed by atoms with E-state index in [1.54, 1.807) is 6.20 Å². The number of nitrogens with one attached hydrogen (secondary N) is 1. The lowest BCUT2D eigenvalue weighted by atomic mass is 10.1. The van der Waals surface area contributed by atoms with E-state index in [1.165, 1.54) is 11.1 Å². The Bertz CT molecular complexity index is 1170. The summed E-state index contributed by atoms with van der Waals surface area (Å²) < 4.78 is 1.99. The van der Waals surface area contributed by atoms with E-state index >= 15 is 0 Å². The van der Waals surface area contributed by atoms with E-state index < -0.39 is 0 Å².